The summed E-state index contributed by atoms with van der Waals surface area (Å²) in [5.41, 5.74) is -0.393. The molecule has 2 N–H and O–H groups in total. The number of anilines is 1. The van der Waals surface area contributed by atoms with Crippen LogP contribution in [0.4, 0.5) is 14.9 Å². The van der Waals surface area contributed by atoms with Crippen molar-refractivity contribution < 1.29 is 19.1 Å². The van der Waals surface area contributed by atoms with Crippen LogP contribution in [0, 0.1) is 14.8 Å². The summed E-state index contributed by atoms with van der Waals surface area (Å²) in [6, 6.07) is 3.74. The number of hydrogen-bond donors (Lipinski definition) is 2. The van der Waals surface area contributed by atoms with Gasteiger partial charge in [-0.3, -0.25) is 4.79 Å². The molecule has 1 aromatic carbocycles. The van der Waals surface area contributed by atoms with Crippen LogP contribution in [0.5, 0.6) is 0 Å². The van der Waals surface area contributed by atoms with Gasteiger partial charge in [-0.2, -0.15) is 0 Å². The van der Waals surface area contributed by atoms with E-state index >= 15 is 0 Å². The van der Waals surface area contributed by atoms with Crippen molar-refractivity contribution in [2.24, 2.45) is 5.41 Å². The Morgan fingerprint density at radius 1 is 1.48 bits per heavy atom. The Bertz CT molecular complexity index is 581. The molecule has 1 atom stereocenters. The molecule has 1 unspecified atom stereocenters. The molecule has 1 aliphatic rings. The number of benzene rings is 1. The van der Waals surface area contributed by atoms with Crippen molar-refractivity contribution in [1.29, 1.82) is 0 Å². The van der Waals surface area contributed by atoms with E-state index in [9.17, 15) is 19.1 Å². The van der Waals surface area contributed by atoms with Gasteiger partial charge in [-0.15, -0.1) is 0 Å². The number of carbonyl (C=O) groups is 2. The molecule has 0 spiro atoms. The Kier molecular flexibility index (Phi) is 4.70. The number of carboxylic acids is 1. The highest BCUT2D eigenvalue weighted by Crippen LogP contribution is 2.30. The van der Waals surface area contributed by atoms with E-state index < -0.39 is 11.4 Å². The molecule has 0 saturated carbocycles. The Hall–Kier alpha value is -1.38. The second kappa shape index (κ2) is 6.17. The summed E-state index contributed by atoms with van der Waals surface area (Å²) in [5, 5.41) is 12.0. The third kappa shape index (κ3) is 3.63. The number of piperidine rings is 1. The van der Waals surface area contributed by atoms with Gasteiger partial charge in [0.25, 0.3) is 0 Å². The Balaban J connectivity index is 2.08. The van der Waals surface area contributed by atoms with Crippen LogP contribution in [0.25, 0.3) is 0 Å². The van der Waals surface area contributed by atoms with Crippen LogP contribution in [0.1, 0.15) is 19.8 Å². The maximum atomic E-state index is 13.0. The molecule has 2 rings (SSSR count). The van der Waals surface area contributed by atoms with Crippen LogP contribution >= 0.6 is 22.6 Å². The molecule has 1 heterocycles. The first-order valence-electron chi connectivity index (χ1n) is 6.56. The van der Waals surface area contributed by atoms with Crippen molar-refractivity contribution in [2.75, 3.05) is 18.4 Å². The number of nitrogens with zero attached hydrogens (tertiary/aromatic N) is 1. The maximum absolute atomic E-state index is 13.0. The third-order valence-corrected chi connectivity index (χ3v) is 4.57. The van der Waals surface area contributed by atoms with E-state index in [1.165, 1.54) is 23.1 Å². The zero-order valence-electron chi connectivity index (χ0n) is 11.5. The maximum Gasteiger partial charge on any atom is 0.321 e. The van der Waals surface area contributed by atoms with E-state index in [0.717, 1.165) is 0 Å². The fraction of sp³-hybridized carbons (Fsp3) is 0.429. The van der Waals surface area contributed by atoms with Gasteiger partial charge in [0.05, 0.1) is 11.1 Å². The summed E-state index contributed by atoms with van der Waals surface area (Å²) < 4.78 is 13.6. The van der Waals surface area contributed by atoms with E-state index in [0.29, 0.717) is 28.6 Å². The molecule has 5 nitrogen and oxygen atoms in total. The highest BCUT2D eigenvalue weighted by atomic mass is 127. The van der Waals surface area contributed by atoms with Gasteiger partial charge >= 0.3 is 12.0 Å². The number of rotatable bonds is 2. The number of nitrogens with one attached hydrogen (secondary N) is 1. The molecule has 0 bridgehead atoms. The van der Waals surface area contributed by atoms with Crippen molar-refractivity contribution >= 4 is 40.3 Å². The summed E-state index contributed by atoms with van der Waals surface area (Å²) in [4.78, 5) is 25.0. The van der Waals surface area contributed by atoms with Crippen LogP contribution < -0.4 is 5.32 Å². The molecular formula is C14H16FIN2O3. The fourth-order valence-corrected chi connectivity index (χ4v) is 2.98. The lowest BCUT2D eigenvalue weighted by atomic mass is 9.82. The predicted molar refractivity (Wildman–Crippen MR) is 84.7 cm³/mol. The van der Waals surface area contributed by atoms with Gasteiger partial charge in [0.1, 0.15) is 5.82 Å². The first-order valence-corrected chi connectivity index (χ1v) is 7.64. The normalized spacial score (nSPS) is 22.0. The summed E-state index contributed by atoms with van der Waals surface area (Å²) in [6.45, 7) is 2.34. The molecule has 0 radical (unpaired) electrons. The minimum atomic E-state index is -0.911. The Morgan fingerprint density at radius 2 is 2.19 bits per heavy atom. The fourth-order valence-electron chi connectivity index (χ4n) is 2.37. The van der Waals surface area contributed by atoms with Gasteiger partial charge in [0, 0.05) is 16.7 Å². The summed E-state index contributed by atoms with van der Waals surface area (Å²) in [7, 11) is 0. The molecule has 21 heavy (non-hydrogen) atoms. The van der Waals surface area contributed by atoms with Crippen LogP contribution in [0.2, 0.25) is 0 Å². The molecular weight excluding hydrogens is 390 g/mol. The second-order valence-electron chi connectivity index (χ2n) is 5.45. The van der Waals surface area contributed by atoms with Crippen molar-refractivity contribution in [3.05, 3.63) is 27.6 Å². The molecule has 7 heteroatoms. The van der Waals surface area contributed by atoms with E-state index in [-0.39, 0.29) is 18.4 Å². The number of hydrogen-bond acceptors (Lipinski definition) is 2. The minimum absolute atomic E-state index is 0.173. The predicted octanol–water partition coefficient (Wildman–Crippen LogP) is 3.15. The lowest BCUT2D eigenvalue weighted by Crippen LogP contribution is -2.49. The van der Waals surface area contributed by atoms with Gasteiger partial charge in [0.15, 0.2) is 0 Å². The highest BCUT2D eigenvalue weighted by Gasteiger charge is 2.39. The largest absolute Gasteiger partial charge is 0.481 e. The quantitative estimate of drug-likeness (QED) is 0.742. The number of carboxylic acid groups (broad SMARTS) is 1. The van der Waals surface area contributed by atoms with Crippen molar-refractivity contribution in [1.82, 2.24) is 4.90 Å². The van der Waals surface area contributed by atoms with E-state index in [2.05, 4.69) is 5.32 Å². The smallest absolute Gasteiger partial charge is 0.321 e. The van der Waals surface area contributed by atoms with Crippen LogP contribution in [-0.4, -0.2) is 35.1 Å². The zero-order chi connectivity index (χ0) is 15.6. The highest BCUT2D eigenvalue weighted by molar-refractivity contribution is 14.1. The summed E-state index contributed by atoms with van der Waals surface area (Å²) >= 11 is 1.94. The second-order valence-corrected chi connectivity index (χ2v) is 6.61. The lowest BCUT2D eigenvalue weighted by molar-refractivity contribution is -0.150. The SMILES string of the molecule is CC1(C(=O)O)CCCN(C(=O)Nc2ccc(F)cc2I)C1. The van der Waals surface area contributed by atoms with E-state index in [1.54, 1.807) is 6.92 Å². The molecule has 1 fully saturated rings. The van der Waals surface area contributed by atoms with Crippen molar-refractivity contribution in [3.8, 4) is 0 Å². The molecule has 0 aliphatic carbocycles. The van der Waals surface area contributed by atoms with Gasteiger partial charge in [0.2, 0.25) is 0 Å². The zero-order valence-corrected chi connectivity index (χ0v) is 13.7. The molecule has 114 valence electrons. The number of amides is 2. The third-order valence-electron chi connectivity index (χ3n) is 3.67. The summed E-state index contributed by atoms with van der Waals surface area (Å²) in [6.07, 6.45) is 1.21. The monoisotopic (exact) mass is 406 g/mol. The first kappa shape index (κ1) is 16.0. The molecule has 1 aliphatic heterocycles. The average Bonchev–Trinajstić information content (AvgIpc) is 2.41. The first-order chi connectivity index (χ1) is 9.82. The number of likely N-dealkylation sites (tertiary alicyclic amines) is 1. The van der Waals surface area contributed by atoms with Crippen LogP contribution in [-0.2, 0) is 4.79 Å². The van der Waals surface area contributed by atoms with Crippen LogP contribution in [0.15, 0.2) is 18.2 Å². The van der Waals surface area contributed by atoms with Gasteiger partial charge < -0.3 is 15.3 Å². The Morgan fingerprint density at radius 3 is 2.81 bits per heavy atom. The molecule has 2 amide bonds. The van der Waals surface area contributed by atoms with Crippen molar-refractivity contribution in [3.63, 3.8) is 0 Å². The Labute approximate surface area is 135 Å². The van der Waals surface area contributed by atoms with Gasteiger partial charge in [-0.1, -0.05) is 0 Å². The topological polar surface area (TPSA) is 69.6 Å². The van der Waals surface area contributed by atoms with Crippen LogP contribution in [0.3, 0.4) is 0 Å². The molecule has 1 aromatic rings. The number of aliphatic carboxylic acids is 1. The molecule has 1 saturated heterocycles. The van der Waals surface area contributed by atoms with Gasteiger partial charge in [-0.05, 0) is 60.6 Å². The van der Waals surface area contributed by atoms with Gasteiger partial charge in [-0.25, -0.2) is 9.18 Å². The number of carbonyl (C=O) groups excluding carboxylic acids is 1. The minimum Gasteiger partial charge on any atom is -0.481 e. The number of halogens is 2. The standard InChI is InChI=1S/C14H16FIN2O3/c1-14(12(19)20)5-2-6-18(8-14)13(21)17-11-4-3-9(15)7-10(11)16/h3-4,7H,2,5-6,8H2,1H3,(H,17,21)(H,19,20). The molecule has 0 aromatic heterocycles. The summed E-state index contributed by atoms with van der Waals surface area (Å²) in [5.74, 6) is -1.26. The number of urea groups is 1. The average molecular weight is 406 g/mol. The van der Waals surface area contributed by atoms with E-state index in [4.69, 9.17) is 0 Å². The lowest BCUT2D eigenvalue weighted by Gasteiger charge is -2.37. The van der Waals surface area contributed by atoms with Crippen molar-refractivity contribution in [2.45, 2.75) is 19.8 Å². The van der Waals surface area contributed by atoms with E-state index in [1.807, 2.05) is 22.6 Å².